The summed E-state index contributed by atoms with van der Waals surface area (Å²) in [5, 5.41) is 19.3. The van der Waals surface area contributed by atoms with Crippen molar-refractivity contribution >= 4 is 5.97 Å². The molecule has 2 N–H and O–H groups in total. The fourth-order valence-corrected chi connectivity index (χ4v) is 5.35. The second kappa shape index (κ2) is 6.43. The summed E-state index contributed by atoms with van der Waals surface area (Å²) < 4.78 is 0. The minimum Gasteiger partial charge on any atom is -0.478 e. The lowest BCUT2D eigenvalue weighted by Gasteiger charge is -2.59. The van der Waals surface area contributed by atoms with Gasteiger partial charge in [-0.15, -0.1) is 0 Å². The molecule has 0 aromatic heterocycles. The summed E-state index contributed by atoms with van der Waals surface area (Å²) in [6.45, 7) is 13.0. The quantitative estimate of drug-likeness (QED) is 0.589. The van der Waals surface area contributed by atoms with Crippen molar-refractivity contribution in [3.05, 3.63) is 23.8 Å². The molecular weight excluding hydrogens is 288 g/mol. The average molecular weight is 320 g/mol. The Morgan fingerprint density at radius 1 is 1.35 bits per heavy atom. The van der Waals surface area contributed by atoms with Crippen LogP contribution in [0.15, 0.2) is 23.8 Å². The zero-order valence-electron chi connectivity index (χ0n) is 15.1. The van der Waals surface area contributed by atoms with Crippen molar-refractivity contribution in [2.24, 2.45) is 22.7 Å². The van der Waals surface area contributed by atoms with Crippen LogP contribution in [0.5, 0.6) is 0 Å². The maximum absolute atomic E-state index is 10.8. The van der Waals surface area contributed by atoms with E-state index >= 15 is 0 Å². The Kier molecular flexibility index (Phi) is 5.10. The monoisotopic (exact) mass is 320 g/mol. The van der Waals surface area contributed by atoms with Gasteiger partial charge >= 0.3 is 5.97 Å². The van der Waals surface area contributed by atoms with E-state index in [1.807, 2.05) is 6.92 Å². The van der Waals surface area contributed by atoms with Crippen LogP contribution in [-0.4, -0.2) is 22.3 Å². The highest BCUT2D eigenvalue weighted by Crippen LogP contribution is 2.61. The van der Waals surface area contributed by atoms with Crippen molar-refractivity contribution in [2.45, 2.75) is 72.3 Å². The molecule has 130 valence electrons. The summed E-state index contributed by atoms with van der Waals surface area (Å²) in [5.74, 6) is 0.0548. The first-order chi connectivity index (χ1) is 10.6. The average Bonchev–Trinajstić information content (AvgIpc) is 2.42. The molecule has 0 spiro atoms. The van der Waals surface area contributed by atoms with E-state index in [9.17, 15) is 9.90 Å². The summed E-state index contributed by atoms with van der Waals surface area (Å²) in [6, 6.07) is 0. The standard InChI is InChI=1S/C20H32O3/c1-13(12-18(22)23)6-8-15-14(2)7-9-16-19(3,4)17(21)10-11-20(15,16)5/h12,15-17,21H,2,6-11H2,1,3-5H3,(H,22,23)/b13-12+/t15-,16-,17+,20+/m0/s1. The molecule has 0 heterocycles. The number of carboxylic acid groups (broad SMARTS) is 1. The van der Waals surface area contributed by atoms with Crippen molar-refractivity contribution in [2.75, 3.05) is 0 Å². The topological polar surface area (TPSA) is 57.5 Å². The number of aliphatic carboxylic acids is 1. The summed E-state index contributed by atoms with van der Waals surface area (Å²) in [7, 11) is 0. The Morgan fingerprint density at radius 3 is 2.61 bits per heavy atom. The number of aliphatic hydroxyl groups is 1. The number of hydrogen-bond acceptors (Lipinski definition) is 2. The number of aliphatic hydroxyl groups excluding tert-OH is 1. The molecular formula is C20H32O3. The molecule has 0 amide bonds. The number of allylic oxidation sites excluding steroid dienone is 2. The lowest BCUT2D eigenvalue weighted by Crippen LogP contribution is -2.54. The maximum Gasteiger partial charge on any atom is 0.328 e. The molecule has 0 saturated heterocycles. The zero-order chi connectivity index (χ0) is 17.4. The summed E-state index contributed by atoms with van der Waals surface area (Å²) in [5.41, 5.74) is 2.35. The van der Waals surface area contributed by atoms with Crippen LogP contribution in [0.4, 0.5) is 0 Å². The summed E-state index contributed by atoms with van der Waals surface area (Å²) >= 11 is 0. The molecule has 2 saturated carbocycles. The van der Waals surface area contributed by atoms with E-state index in [0.717, 1.165) is 44.1 Å². The van der Waals surface area contributed by atoms with Gasteiger partial charge in [0.15, 0.2) is 0 Å². The molecule has 2 aliphatic carbocycles. The molecule has 23 heavy (non-hydrogen) atoms. The Morgan fingerprint density at radius 2 is 2.00 bits per heavy atom. The van der Waals surface area contributed by atoms with Crippen molar-refractivity contribution in [3.63, 3.8) is 0 Å². The molecule has 2 aliphatic rings. The predicted molar refractivity (Wildman–Crippen MR) is 93.1 cm³/mol. The number of carbonyl (C=O) groups is 1. The van der Waals surface area contributed by atoms with Gasteiger partial charge in [0, 0.05) is 6.08 Å². The second-order valence-corrected chi connectivity index (χ2v) is 8.55. The van der Waals surface area contributed by atoms with Gasteiger partial charge < -0.3 is 10.2 Å². The molecule has 4 atom stereocenters. The Bertz CT molecular complexity index is 517. The van der Waals surface area contributed by atoms with Crippen LogP contribution in [0.2, 0.25) is 0 Å². The third-order valence-corrected chi connectivity index (χ3v) is 6.75. The van der Waals surface area contributed by atoms with Gasteiger partial charge in [-0.3, -0.25) is 0 Å². The molecule has 0 aromatic rings. The van der Waals surface area contributed by atoms with Crippen LogP contribution in [0.25, 0.3) is 0 Å². The van der Waals surface area contributed by atoms with Gasteiger partial charge in [0.2, 0.25) is 0 Å². The van der Waals surface area contributed by atoms with E-state index in [4.69, 9.17) is 5.11 Å². The number of carboxylic acids is 1. The van der Waals surface area contributed by atoms with Crippen LogP contribution in [0.1, 0.15) is 66.2 Å². The van der Waals surface area contributed by atoms with Crippen molar-refractivity contribution in [1.82, 2.24) is 0 Å². The van der Waals surface area contributed by atoms with Crippen LogP contribution in [0, 0.1) is 22.7 Å². The highest BCUT2D eigenvalue weighted by molar-refractivity contribution is 5.80. The van der Waals surface area contributed by atoms with Crippen molar-refractivity contribution < 1.29 is 15.0 Å². The third-order valence-electron chi connectivity index (χ3n) is 6.75. The van der Waals surface area contributed by atoms with E-state index in [1.165, 1.54) is 11.6 Å². The molecule has 0 radical (unpaired) electrons. The lowest BCUT2D eigenvalue weighted by molar-refractivity contribution is -0.131. The molecule has 0 bridgehead atoms. The molecule has 0 aliphatic heterocycles. The molecule has 0 unspecified atom stereocenters. The van der Waals surface area contributed by atoms with Crippen LogP contribution in [0.3, 0.4) is 0 Å². The number of rotatable bonds is 4. The van der Waals surface area contributed by atoms with E-state index in [-0.39, 0.29) is 16.9 Å². The van der Waals surface area contributed by atoms with E-state index in [1.54, 1.807) is 0 Å². The van der Waals surface area contributed by atoms with E-state index < -0.39 is 5.97 Å². The van der Waals surface area contributed by atoms with Crippen molar-refractivity contribution in [1.29, 1.82) is 0 Å². The number of fused-ring (bicyclic) bond motifs is 1. The van der Waals surface area contributed by atoms with Crippen molar-refractivity contribution in [3.8, 4) is 0 Å². The van der Waals surface area contributed by atoms with Gasteiger partial charge in [-0.2, -0.15) is 0 Å². The minimum absolute atomic E-state index is 0.0576. The summed E-state index contributed by atoms with van der Waals surface area (Å²) in [4.78, 5) is 10.8. The first-order valence-electron chi connectivity index (χ1n) is 8.85. The van der Waals surface area contributed by atoms with Crippen LogP contribution >= 0.6 is 0 Å². The molecule has 3 nitrogen and oxygen atoms in total. The van der Waals surface area contributed by atoms with Crippen LogP contribution < -0.4 is 0 Å². The predicted octanol–water partition coefficient (Wildman–Crippen LogP) is 4.57. The highest BCUT2D eigenvalue weighted by Gasteiger charge is 2.55. The van der Waals surface area contributed by atoms with Gasteiger partial charge in [0.25, 0.3) is 0 Å². The highest BCUT2D eigenvalue weighted by atomic mass is 16.4. The molecule has 2 rings (SSSR count). The lowest BCUT2D eigenvalue weighted by atomic mass is 9.46. The maximum atomic E-state index is 10.8. The molecule has 0 aromatic carbocycles. The van der Waals surface area contributed by atoms with Crippen LogP contribution in [-0.2, 0) is 4.79 Å². The third kappa shape index (κ3) is 3.40. The molecule has 2 fully saturated rings. The minimum atomic E-state index is -0.865. The second-order valence-electron chi connectivity index (χ2n) is 8.55. The van der Waals surface area contributed by atoms with E-state index in [2.05, 4.69) is 27.4 Å². The SMILES string of the molecule is C=C1CC[C@H]2C(C)(C)[C@H](O)CC[C@]2(C)[C@H]1CC/C(C)=C/C(=O)O. The Labute approximate surface area is 140 Å². The fraction of sp³-hybridized carbons (Fsp3) is 0.750. The fourth-order valence-electron chi connectivity index (χ4n) is 5.35. The van der Waals surface area contributed by atoms with Gasteiger partial charge in [-0.05, 0) is 68.1 Å². The Balaban J connectivity index is 2.21. The number of hydrogen-bond donors (Lipinski definition) is 2. The van der Waals surface area contributed by atoms with Gasteiger partial charge in [-0.1, -0.05) is 38.5 Å². The normalized spacial score (nSPS) is 37.3. The summed E-state index contributed by atoms with van der Waals surface area (Å²) in [6.07, 6.45) is 6.90. The largest absolute Gasteiger partial charge is 0.478 e. The van der Waals surface area contributed by atoms with Gasteiger partial charge in [-0.25, -0.2) is 4.79 Å². The Hall–Kier alpha value is -1.09. The van der Waals surface area contributed by atoms with Gasteiger partial charge in [0.1, 0.15) is 0 Å². The zero-order valence-corrected chi connectivity index (χ0v) is 15.1. The first kappa shape index (κ1) is 18.3. The first-order valence-corrected chi connectivity index (χ1v) is 8.85. The van der Waals surface area contributed by atoms with Gasteiger partial charge in [0.05, 0.1) is 6.10 Å². The molecule has 3 heteroatoms. The van der Waals surface area contributed by atoms with E-state index in [0.29, 0.717) is 11.8 Å². The smallest absolute Gasteiger partial charge is 0.328 e.